The number of phenolic OH excluding ortho intramolecular Hbond substituents is 4. The fourth-order valence-electron chi connectivity index (χ4n) is 4.11. The van der Waals surface area contributed by atoms with E-state index >= 15 is 0 Å². The summed E-state index contributed by atoms with van der Waals surface area (Å²) >= 11 is 0. The van der Waals surface area contributed by atoms with Gasteiger partial charge in [0.15, 0.2) is 17.3 Å². The minimum Gasteiger partial charge on any atom is -0.507 e. The second kappa shape index (κ2) is 9.41. The number of carbonyl (C=O) groups is 1. The maximum atomic E-state index is 13.1. The van der Waals surface area contributed by atoms with Gasteiger partial charge in [-0.05, 0) is 24.3 Å². The zero-order valence-electron chi connectivity index (χ0n) is 19.2. The maximum absolute atomic E-state index is 13.1. The highest BCUT2D eigenvalue weighted by molar-refractivity contribution is 5.92. The molecule has 0 aliphatic carbocycles. The van der Waals surface area contributed by atoms with Crippen molar-refractivity contribution in [1.82, 2.24) is 0 Å². The molecule has 4 rings (SSSR count). The monoisotopic (exact) mass is 494 g/mol. The SMILES string of the molecule is COC(=O)C[C@H](c1ccccc1OC)c1c(O)cc(O)c2c(=O)c(O)c(-c3ccc(O)c(O)c3)oc12. The average molecular weight is 494 g/mol. The predicted octanol–water partition coefficient (Wildman–Crippen LogP) is 3.69. The molecule has 0 spiro atoms. The summed E-state index contributed by atoms with van der Waals surface area (Å²) in [4.78, 5) is 25.5. The van der Waals surface area contributed by atoms with Crippen LogP contribution in [0.2, 0.25) is 0 Å². The standard InChI is InChI=1S/C26H22O10/c1-34-19-6-4-3-5-13(19)14(10-20(31)35-2)21-17(29)11-18(30)22-23(32)24(33)25(36-26(21)22)12-7-8-15(27)16(28)9-12/h3-9,11,14,27-30,33H,10H2,1-2H3/t14-/m1/s1. The molecule has 4 aromatic rings. The number of methoxy groups -OCH3 is 2. The number of phenols is 4. The molecule has 0 fully saturated rings. The average Bonchev–Trinajstić information content (AvgIpc) is 2.86. The highest BCUT2D eigenvalue weighted by Gasteiger charge is 2.31. The summed E-state index contributed by atoms with van der Waals surface area (Å²) in [7, 11) is 2.63. The van der Waals surface area contributed by atoms with Gasteiger partial charge < -0.3 is 39.4 Å². The Labute approximate surface area is 203 Å². The van der Waals surface area contributed by atoms with Crippen LogP contribution in [0, 0.1) is 0 Å². The first-order valence-corrected chi connectivity index (χ1v) is 10.6. The molecule has 0 saturated carbocycles. The topological polar surface area (TPSA) is 167 Å². The molecule has 0 aliphatic heterocycles. The van der Waals surface area contributed by atoms with Crippen LogP contribution in [0.5, 0.6) is 34.5 Å². The van der Waals surface area contributed by atoms with Gasteiger partial charge in [0, 0.05) is 28.7 Å². The van der Waals surface area contributed by atoms with E-state index in [2.05, 4.69) is 0 Å². The molecule has 5 N–H and O–H groups in total. The van der Waals surface area contributed by atoms with E-state index in [1.807, 2.05) is 0 Å². The normalized spacial score (nSPS) is 11.8. The van der Waals surface area contributed by atoms with E-state index in [1.165, 1.54) is 20.3 Å². The van der Waals surface area contributed by atoms with Gasteiger partial charge in [-0.1, -0.05) is 18.2 Å². The third-order valence-electron chi connectivity index (χ3n) is 5.84. The lowest BCUT2D eigenvalue weighted by molar-refractivity contribution is -0.140. The molecule has 10 nitrogen and oxygen atoms in total. The number of aromatic hydroxyl groups is 5. The molecular formula is C26H22O10. The summed E-state index contributed by atoms with van der Waals surface area (Å²) in [6, 6.07) is 11.1. The van der Waals surface area contributed by atoms with Gasteiger partial charge in [-0.25, -0.2) is 0 Å². The number of ether oxygens (including phenoxy) is 2. The number of hydrogen-bond donors (Lipinski definition) is 5. The molecule has 0 bridgehead atoms. The lowest BCUT2D eigenvalue weighted by Gasteiger charge is -2.22. The smallest absolute Gasteiger partial charge is 0.306 e. The largest absolute Gasteiger partial charge is 0.507 e. The van der Waals surface area contributed by atoms with Crippen molar-refractivity contribution in [3.63, 3.8) is 0 Å². The molecule has 10 heteroatoms. The van der Waals surface area contributed by atoms with E-state index in [0.29, 0.717) is 11.3 Å². The molecule has 0 radical (unpaired) electrons. The number of hydrogen-bond acceptors (Lipinski definition) is 10. The van der Waals surface area contributed by atoms with Crippen molar-refractivity contribution in [1.29, 1.82) is 0 Å². The summed E-state index contributed by atoms with van der Waals surface area (Å²) in [5.74, 6) is -4.64. The van der Waals surface area contributed by atoms with E-state index in [4.69, 9.17) is 13.9 Å². The number of fused-ring (bicyclic) bond motifs is 1. The van der Waals surface area contributed by atoms with Crippen LogP contribution in [0.25, 0.3) is 22.3 Å². The summed E-state index contributed by atoms with van der Waals surface area (Å²) in [6.07, 6.45) is -0.301. The second-order valence-electron chi connectivity index (χ2n) is 7.92. The van der Waals surface area contributed by atoms with Crippen molar-refractivity contribution in [2.45, 2.75) is 12.3 Å². The zero-order chi connectivity index (χ0) is 26.1. The van der Waals surface area contributed by atoms with E-state index in [1.54, 1.807) is 24.3 Å². The lowest BCUT2D eigenvalue weighted by atomic mass is 9.85. The Bertz CT molecular complexity index is 1540. The third kappa shape index (κ3) is 4.09. The fourth-order valence-corrected chi connectivity index (χ4v) is 4.11. The Morgan fingerprint density at radius 2 is 1.64 bits per heavy atom. The lowest BCUT2D eigenvalue weighted by Crippen LogP contribution is -2.13. The Kier molecular flexibility index (Phi) is 6.35. The van der Waals surface area contributed by atoms with Crippen molar-refractivity contribution in [3.05, 3.63) is 69.9 Å². The van der Waals surface area contributed by atoms with Crippen LogP contribution >= 0.6 is 0 Å². The fraction of sp³-hybridized carbons (Fsp3) is 0.154. The number of para-hydroxylation sites is 1. The van der Waals surface area contributed by atoms with E-state index in [0.717, 1.165) is 18.2 Å². The first-order chi connectivity index (χ1) is 17.2. The van der Waals surface area contributed by atoms with Gasteiger partial charge in [0.2, 0.25) is 11.2 Å². The van der Waals surface area contributed by atoms with Crippen molar-refractivity contribution in [3.8, 4) is 45.8 Å². The Morgan fingerprint density at radius 1 is 0.917 bits per heavy atom. The van der Waals surface area contributed by atoms with Gasteiger partial charge in [0.25, 0.3) is 0 Å². The highest BCUT2D eigenvalue weighted by Crippen LogP contribution is 2.46. The molecule has 1 heterocycles. The van der Waals surface area contributed by atoms with Crippen LogP contribution < -0.4 is 10.2 Å². The minimum atomic E-state index is -1.02. The summed E-state index contributed by atoms with van der Waals surface area (Å²) < 4.78 is 16.2. The summed E-state index contributed by atoms with van der Waals surface area (Å²) in [6.45, 7) is 0. The third-order valence-corrected chi connectivity index (χ3v) is 5.84. The molecule has 1 atom stereocenters. The molecule has 0 amide bonds. The second-order valence-corrected chi connectivity index (χ2v) is 7.92. The minimum absolute atomic E-state index is 0.0254. The van der Waals surface area contributed by atoms with Gasteiger partial charge in [0.1, 0.15) is 28.2 Å². The van der Waals surface area contributed by atoms with Crippen molar-refractivity contribution < 1.29 is 44.2 Å². The molecule has 1 aromatic heterocycles. The van der Waals surface area contributed by atoms with Crippen LogP contribution in [0.1, 0.15) is 23.5 Å². The summed E-state index contributed by atoms with van der Waals surface area (Å²) in [5.41, 5.74) is -0.893. The molecule has 0 aliphatic rings. The summed E-state index contributed by atoms with van der Waals surface area (Å²) in [5, 5.41) is 51.1. The predicted molar refractivity (Wildman–Crippen MR) is 128 cm³/mol. The number of carbonyl (C=O) groups excluding carboxylic acids is 1. The molecule has 0 saturated heterocycles. The van der Waals surface area contributed by atoms with Gasteiger partial charge in [0.05, 0.1) is 20.6 Å². The van der Waals surface area contributed by atoms with Crippen LogP contribution in [-0.2, 0) is 9.53 Å². The van der Waals surface area contributed by atoms with Crippen molar-refractivity contribution >= 4 is 16.9 Å². The molecule has 0 unspecified atom stereocenters. The van der Waals surface area contributed by atoms with Crippen LogP contribution in [0.4, 0.5) is 0 Å². The highest BCUT2D eigenvalue weighted by atomic mass is 16.5. The van der Waals surface area contributed by atoms with Gasteiger partial charge in [-0.15, -0.1) is 0 Å². The van der Waals surface area contributed by atoms with E-state index in [-0.39, 0.29) is 23.1 Å². The number of benzene rings is 3. The van der Waals surface area contributed by atoms with Crippen LogP contribution in [0.15, 0.2) is 57.7 Å². The molecular weight excluding hydrogens is 472 g/mol. The molecule has 36 heavy (non-hydrogen) atoms. The zero-order valence-corrected chi connectivity index (χ0v) is 19.2. The van der Waals surface area contributed by atoms with E-state index in [9.17, 15) is 35.1 Å². The van der Waals surface area contributed by atoms with Crippen LogP contribution in [-0.4, -0.2) is 45.7 Å². The maximum Gasteiger partial charge on any atom is 0.306 e. The molecule has 3 aromatic carbocycles. The molecule has 186 valence electrons. The number of rotatable bonds is 6. The Balaban J connectivity index is 2.11. The Hall–Kier alpha value is -4.86. The first-order valence-electron chi connectivity index (χ1n) is 10.6. The van der Waals surface area contributed by atoms with Crippen LogP contribution in [0.3, 0.4) is 0 Å². The van der Waals surface area contributed by atoms with Crippen molar-refractivity contribution in [2.24, 2.45) is 0 Å². The Morgan fingerprint density at radius 3 is 2.31 bits per heavy atom. The van der Waals surface area contributed by atoms with Gasteiger partial charge in [-0.3, -0.25) is 9.59 Å². The first kappa shape index (κ1) is 24.3. The van der Waals surface area contributed by atoms with E-state index < -0.39 is 57.2 Å². The van der Waals surface area contributed by atoms with Gasteiger partial charge in [-0.2, -0.15) is 0 Å². The van der Waals surface area contributed by atoms with Crippen molar-refractivity contribution in [2.75, 3.05) is 14.2 Å². The number of esters is 1. The quantitative estimate of drug-likeness (QED) is 0.197. The van der Waals surface area contributed by atoms with Gasteiger partial charge >= 0.3 is 5.97 Å².